The minimum absolute atomic E-state index is 0.0528. The highest BCUT2D eigenvalue weighted by Crippen LogP contribution is 2.26. The van der Waals surface area contributed by atoms with Gasteiger partial charge >= 0.3 is 5.97 Å². The molecule has 46 heavy (non-hydrogen) atoms. The van der Waals surface area contributed by atoms with Gasteiger partial charge in [0.05, 0.1) is 26.4 Å². The van der Waals surface area contributed by atoms with Crippen molar-refractivity contribution >= 4 is 5.97 Å². The summed E-state index contributed by atoms with van der Waals surface area (Å²) in [5.41, 5.74) is 0. The van der Waals surface area contributed by atoms with Gasteiger partial charge in [-0.15, -0.1) is 0 Å². The van der Waals surface area contributed by atoms with E-state index in [9.17, 15) is 40.5 Å². The first-order valence-corrected chi connectivity index (χ1v) is 16.8. The predicted molar refractivity (Wildman–Crippen MR) is 164 cm³/mol. The van der Waals surface area contributed by atoms with E-state index in [1.165, 1.54) is 25.7 Å². The van der Waals surface area contributed by atoms with E-state index in [1.807, 2.05) is 6.92 Å². The molecule has 2 fully saturated rings. The Balaban J connectivity index is 1.80. The topological polar surface area (TPSA) is 214 Å². The van der Waals surface area contributed by atoms with Gasteiger partial charge < -0.3 is 64.2 Å². The highest BCUT2D eigenvalue weighted by atomic mass is 16.7. The number of esters is 1. The third-order valence-corrected chi connectivity index (χ3v) is 7.98. The van der Waals surface area contributed by atoms with Crippen LogP contribution in [-0.4, -0.2) is 142 Å². The van der Waals surface area contributed by atoms with Crippen LogP contribution >= 0.6 is 0 Å². The summed E-state index contributed by atoms with van der Waals surface area (Å²) in [4.78, 5) is 12.2. The molecule has 2 aliphatic rings. The summed E-state index contributed by atoms with van der Waals surface area (Å²) in [5.74, 6) is -0.435. The Labute approximate surface area is 272 Å². The third-order valence-electron chi connectivity index (χ3n) is 7.98. The maximum atomic E-state index is 12.2. The maximum absolute atomic E-state index is 12.2. The summed E-state index contributed by atoms with van der Waals surface area (Å²) in [6, 6.07) is 0. The summed E-state index contributed by atoms with van der Waals surface area (Å²) in [6.07, 6.45) is -0.810. The number of rotatable bonds is 23. The number of carbonyl (C=O) groups is 1. The minimum Gasteiger partial charge on any atom is -0.457 e. The van der Waals surface area contributed by atoms with Gasteiger partial charge in [0, 0.05) is 13.0 Å². The van der Waals surface area contributed by atoms with Gasteiger partial charge in [-0.2, -0.15) is 0 Å². The first kappa shape index (κ1) is 40.9. The summed E-state index contributed by atoms with van der Waals surface area (Å²) in [5, 5.41) is 70.9. The second-order valence-corrected chi connectivity index (χ2v) is 12.0. The van der Waals surface area contributed by atoms with E-state index in [0.717, 1.165) is 32.1 Å². The molecule has 7 N–H and O–H groups in total. The van der Waals surface area contributed by atoms with E-state index in [2.05, 4.69) is 19.1 Å². The molecule has 0 saturated carbocycles. The second kappa shape index (κ2) is 23.1. The van der Waals surface area contributed by atoms with Crippen molar-refractivity contribution in [2.75, 3.05) is 33.0 Å². The second-order valence-electron chi connectivity index (χ2n) is 12.0. The van der Waals surface area contributed by atoms with Crippen LogP contribution < -0.4 is 0 Å². The van der Waals surface area contributed by atoms with E-state index < -0.39 is 86.7 Å². The molecule has 270 valence electrons. The van der Waals surface area contributed by atoms with Crippen LogP contribution in [0.15, 0.2) is 12.2 Å². The molecule has 0 aromatic rings. The number of unbranched alkanes of at least 4 members (excludes halogenated alkanes) is 7. The molecule has 0 aromatic carbocycles. The summed E-state index contributed by atoms with van der Waals surface area (Å²) in [7, 11) is 0. The molecule has 0 spiro atoms. The average Bonchev–Trinajstić information content (AvgIpc) is 3.04. The van der Waals surface area contributed by atoms with Crippen LogP contribution in [0.2, 0.25) is 0 Å². The van der Waals surface area contributed by atoms with Crippen molar-refractivity contribution in [3.63, 3.8) is 0 Å². The molecule has 14 nitrogen and oxygen atoms in total. The Morgan fingerprint density at radius 1 is 0.696 bits per heavy atom. The lowest BCUT2D eigenvalue weighted by atomic mass is 9.98. The van der Waals surface area contributed by atoms with Gasteiger partial charge in [0.1, 0.15) is 54.9 Å². The van der Waals surface area contributed by atoms with Crippen molar-refractivity contribution in [3.05, 3.63) is 12.2 Å². The molecule has 0 aromatic heterocycles. The molecule has 2 heterocycles. The molecular weight excluding hydrogens is 608 g/mol. The highest BCUT2D eigenvalue weighted by Gasteiger charge is 2.47. The Bertz CT molecular complexity index is 829. The molecular formula is C32H58O14. The van der Waals surface area contributed by atoms with E-state index >= 15 is 0 Å². The Morgan fingerprint density at radius 2 is 1.28 bits per heavy atom. The fourth-order valence-corrected chi connectivity index (χ4v) is 5.14. The predicted octanol–water partition coefficient (Wildman–Crippen LogP) is 0.443. The Hall–Kier alpha value is -1.27. The minimum atomic E-state index is -1.70. The molecule has 11 atom stereocenters. The van der Waals surface area contributed by atoms with Gasteiger partial charge in [-0.1, -0.05) is 58.1 Å². The Morgan fingerprint density at radius 3 is 1.93 bits per heavy atom. The summed E-state index contributed by atoms with van der Waals surface area (Å²) >= 11 is 0. The normalized spacial score (nSPS) is 32.5. The van der Waals surface area contributed by atoms with Crippen LogP contribution in [0.3, 0.4) is 0 Å². The molecule has 14 heteroatoms. The zero-order chi connectivity index (χ0) is 33.9. The number of allylic oxidation sites excluding steroid dienone is 2. The number of aliphatic hydroxyl groups excluding tert-OH is 7. The highest BCUT2D eigenvalue weighted by molar-refractivity contribution is 5.69. The number of hydrogen-bond donors (Lipinski definition) is 7. The van der Waals surface area contributed by atoms with Gasteiger partial charge in [0.2, 0.25) is 0 Å². The van der Waals surface area contributed by atoms with Gasteiger partial charge in [-0.05, 0) is 32.1 Å². The molecule has 2 saturated heterocycles. The maximum Gasteiger partial charge on any atom is 0.306 e. The lowest BCUT2D eigenvalue weighted by Gasteiger charge is -2.42. The fourth-order valence-electron chi connectivity index (χ4n) is 5.14. The van der Waals surface area contributed by atoms with Crippen molar-refractivity contribution in [3.8, 4) is 0 Å². The first-order valence-electron chi connectivity index (χ1n) is 16.8. The lowest BCUT2D eigenvalue weighted by Crippen LogP contribution is -2.61. The van der Waals surface area contributed by atoms with Crippen molar-refractivity contribution in [2.45, 2.75) is 152 Å². The van der Waals surface area contributed by atoms with Crippen molar-refractivity contribution in [1.82, 2.24) is 0 Å². The van der Waals surface area contributed by atoms with E-state index in [-0.39, 0.29) is 19.6 Å². The van der Waals surface area contributed by atoms with Gasteiger partial charge in [0.25, 0.3) is 0 Å². The third kappa shape index (κ3) is 14.1. The first-order chi connectivity index (χ1) is 22.1. The average molecular weight is 667 g/mol. The van der Waals surface area contributed by atoms with Crippen molar-refractivity contribution in [1.29, 1.82) is 0 Å². The van der Waals surface area contributed by atoms with Gasteiger partial charge in [0.15, 0.2) is 12.6 Å². The molecule has 0 radical (unpaired) electrons. The number of ether oxygens (including phenoxy) is 6. The van der Waals surface area contributed by atoms with Crippen LogP contribution in [-0.2, 0) is 33.2 Å². The standard InChI is InChI=1S/C32H58O14/c1-3-5-6-7-8-9-10-11-12-13-14-16-41-18-21(44-24(34)15-4-2)19-42-31-30(40)28(38)26(36)23(46-31)20-43-32-29(39)27(37)25(35)22(17-33)45-32/h6-7,21-23,25-33,35-40H,3-5,8-20H2,1-2H3/b7-6-. The number of carbonyl (C=O) groups excluding carboxylic acids is 1. The van der Waals surface area contributed by atoms with E-state index in [1.54, 1.807) is 0 Å². The lowest BCUT2D eigenvalue weighted by molar-refractivity contribution is -0.332. The van der Waals surface area contributed by atoms with Crippen molar-refractivity contribution < 1.29 is 69.0 Å². The number of aliphatic hydroxyl groups is 7. The molecule has 0 amide bonds. The van der Waals surface area contributed by atoms with Gasteiger partial charge in [-0.25, -0.2) is 0 Å². The van der Waals surface area contributed by atoms with Crippen LogP contribution in [0, 0.1) is 0 Å². The largest absolute Gasteiger partial charge is 0.457 e. The summed E-state index contributed by atoms with van der Waals surface area (Å²) < 4.78 is 33.3. The molecule has 11 unspecified atom stereocenters. The fraction of sp³-hybridized carbons (Fsp3) is 0.906. The smallest absolute Gasteiger partial charge is 0.306 e. The quantitative estimate of drug-likeness (QED) is 0.0448. The zero-order valence-electron chi connectivity index (χ0n) is 27.3. The van der Waals surface area contributed by atoms with Crippen LogP contribution in [0.1, 0.15) is 84.5 Å². The van der Waals surface area contributed by atoms with Gasteiger partial charge in [-0.3, -0.25) is 4.79 Å². The van der Waals surface area contributed by atoms with Crippen LogP contribution in [0.25, 0.3) is 0 Å². The number of hydrogen-bond acceptors (Lipinski definition) is 14. The van der Waals surface area contributed by atoms with E-state index in [4.69, 9.17) is 28.4 Å². The molecule has 0 aliphatic carbocycles. The zero-order valence-corrected chi connectivity index (χ0v) is 27.3. The molecule has 2 aliphatic heterocycles. The molecule has 2 rings (SSSR count). The summed E-state index contributed by atoms with van der Waals surface area (Å²) in [6.45, 7) is 3.18. The van der Waals surface area contributed by atoms with Crippen LogP contribution in [0.4, 0.5) is 0 Å². The Kier molecular flexibility index (Phi) is 20.6. The van der Waals surface area contributed by atoms with E-state index in [0.29, 0.717) is 13.0 Å². The monoisotopic (exact) mass is 666 g/mol. The molecule has 0 bridgehead atoms. The van der Waals surface area contributed by atoms with Crippen LogP contribution in [0.5, 0.6) is 0 Å². The SMILES string of the molecule is CCC/C=C\CCCCCCCCOCC(COC1OC(COC2OC(CO)C(O)C(O)C2O)C(O)C(O)C1O)OC(=O)CCC. The van der Waals surface area contributed by atoms with Crippen molar-refractivity contribution in [2.24, 2.45) is 0 Å².